The summed E-state index contributed by atoms with van der Waals surface area (Å²) in [6.07, 6.45) is 3.79. The Morgan fingerprint density at radius 2 is 1.19 bits per heavy atom. The summed E-state index contributed by atoms with van der Waals surface area (Å²) >= 11 is 0. The van der Waals surface area contributed by atoms with E-state index >= 15 is 0 Å². The Kier molecular flexibility index (Phi) is 3.90. The highest BCUT2D eigenvalue weighted by atomic mass is 14.9. The van der Waals surface area contributed by atoms with Crippen LogP contribution in [0.3, 0.4) is 0 Å². The summed E-state index contributed by atoms with van der Waals surface area (Å²) in [4.78, 5) is 4.37. The van der Waals surface area contributed by atoms with E-state index in [4.69, 9.17) is 0 Å². The van der Waals surface area contributed by atoms with Gasteiger partial charge in [-0.15, -0.1) is 0 Å². The predicted octanol–water partition coefficient (Wildman–Crippen LogP) is 8.96. The van der Waals surface area contributed by atoms with Crippen molar-refractivity contribution in [3.05, 3.63) is 116 Å². The molecule has 8 rings (SSSR count). The number of aromatic nitrogens is 2. The van der Waals surface area contributed by atoms with Gasteiger partial charge in [-0.3, -0.25) is 4.98 Å². The fourth-order valence-electron chi connectivity index (χ4n) is 6.16. The molecule has 36 heavy (non-hydrogen) atoms. The van der Waals surface area contributed by atoms with Crippen LogP contribution in [-0.4, -0.2) is 9.55 Å². The van der Waals surface area contributed by atoms with Gasteiger partial charge in [-0.25, -0.2) is 0 Å². The lowest BCUT2D eigenvalue weighted by atomic mass is 9.87. The van der Waals surface area contributed by atoms with Gasteiger partial charge in [0, 0.05) is 46.8 Å². The second-order valence-corrected chi connectivity index (χ2v) is 9.70. The third kappa shape index (κ3) is 2.59. The van der Waals surface area contributed by atoms with E-state index in [1.54, 1.807) is 0 Å². The Bertz CT molecular complexity index is 2100. The van der Waals surface area contributed by atoms with Crippen LogP contribution in [0.15, 0.2) is 116 Å². The minimum absolute atomic E-state index is 1.15. The smallest absolute Gasteiger partial charge is 0.0489 e. The molecule has 2 aromatic heterocycles. The minimum Gasteiger partial charge on any atom is -0.344 e. The highest BCUT2D eigenvalue weighted by Gasteiger charge is 2.16. The van der Waals surface area contributed by atoms with E-state index in [1.807, 2.05) is 18.5 Å². The second kappa shape index (κ2) is 7.16. The average molecular weight is 459 g/mol. The van der Waals surface area contributed by atoms with Crippen molar-refractivity contribution < 1.29 is 0 Å². The van der Waals surface area contributed by atoms with Crippen molar-refractivity contribution in [2.24, 2.45) is 7.05 Å². The van der Waals surface area contributed by atoms with Crippen LogP contribution in [0.25, 0.3) is 76.4 Å². The number of hydrogen-bond acceptors (Lipinski definition) is 1. The summed E-state index contributed by atoms with van der Waals surface area (Å²) in [5.41, 5.74) is 7.44. The standard InChI is InChI=1S/C34H22N2/c1-36-31-7-3-2-6-27(31)30-19-23(12-17-32(30)36)25-13-8-21-11-16-29-26(24-5-4-18-35-20-24)14-9-22-10-15-28(25)33(21)34(22)29/h2-20H,1H3. The molecule has 168 valence electrons. The zero-order chi connectivity index (χ0) is 23.8. The van der Waals surface area contributed by atoms with Crippen molar-refractivity contribution in [3.8, 4) is 22.3 Å². The maximum atomic E-state index is 4.37. The molecule has 0 amide bonds. The summed E-state index contributed by atoms with van der Waals surface area (Å²) in [5.74, 6) is 0. The molecule has 0 N–H and O–H groups in total. The van der Waals surface area contributed by atoms with Crippen LogP contribution in [0.5, 0.6) is 0 Å². The van der Waals surface area contributed by atoms with Gasteiger partial charge in [-0.2, -0.15) is 0 Å². The first-order valence-corrected chi connectivity index (χ1v) is 12.4. The van der Waals surface area contributed by atoms with Crippen LogP contribution >= 0.6 is 0 Å². The van der Waals surface area contributed by atoms with Gasteiger partial charge in [-0.05, 0) is 73.3 Å². The van der Waals surface area contributed by atoms with E-state index in [0.29, 0.717) is 0 Å². The molecule has 0 unspecified atom stereocenters. The zero-order valence-electron chi connectivity index (χ0n) is 19.9. The lowest BCUT2D eigenvalue weighted by Crippen LogP contribution is -1.90. The minimum atomic E-state index is 1.15. The first-order chi connectivity index (χ1) is 17.8. The lowest BCUT2D eigenvalue weighted by Gasteiger charge is -2.16. The molecule has 0 spiro atoms. The van der Waals surface area contributed by atoms with Crippen molar-refractivity contribution in [1.29, 1.82) is 0 Å². The Labute approximate surface area is 208 Å². The molecular formula is C34H22N2. The van der Waals surface area contributed by atoms with Crippen molar-refractivity contribution in [2.75, 3.05) is 0 Å². The molecule has 0 fully saturated rings. The van der Waals surface area contributed by atoms with Crippen molar-refractivity contribution in [2.45, 2.75) is 0 Å². The number of nitrogens with zero attached hydrogens (tertiary/aromatic N) is 2. The van der Waals surface area contributed by atoms with Crippen LogP contribution in [-0.2, 0) is 7.05 Å². The summed E-state index contributed by atoms with van der Waals surface area (Å²) in [6, 6.07) is 37.9. The van der Waals surface area contributed by atoms with E-state index in [-0.39, 0.29) is 0 Å². The maximum absolute atomic E-state index is 4.37. The van der Waals surface area contributed by atoms with Crippen LogP contribution in [0.4, 0.5) is 0 Å². The molecular weight excluding hydrogens is 436 g/mol. The number of fused-ring (bicyclic) bond motifs is 3. The van der Waals surface area contributed by atoms with E-state index in [2.05, 4.69) is 114 Å². The van der Waals surface area contributed by atoms with Crippen molar-refractivity contribution in [1.82, 2.24) is 9.55 Å². The highest BCUT2D eigenvalue weighted by Crippen LogP contribution is 2.43. The predicted molar refractivity (Wildman–Crippen MR) is 153 cm³/mol. The van der Waals surface area contributed by atoms with Gasteiger partial charge in [-0.1, -0.05) is 78.9 Å². The maximum Gasteiger partial charge on any atom is 0.0489 e. The molecule has 2 heteroatoms. The number of aryl methyl sites for hydroxylation is 1. The second-order valence-electron chi connectivity index (χ2n) is 9.70. The average Bonchev–Trinajstić information content (AvgIpc) is 3.23. The number of pyridine rings is 1. The van der Waals surface area contributed by atoms with Gasteiger partial charge in [0.2, 0.25) is 0 Å². The fraction of sp³-hybridized carbons (Fsp3) is 0.0294. The quantitative estimate of drug-likeness (QED) is 0.236. The Balaban J connectivity index is 1.44. The molecule has 0 radical (unpaired) electrons. The van der Waals surface area contributed by atoms with E-state index in [0.717, 1.165) is 5.56 Å². The molecule has 0 aliphatic rings. The molecule has 2 heterocycles. The molecule has 0 bridgehead atoms. The lowest BCUT2D eigenvalue weighted by molar-refractivity contribution is 1.01. The van der Waals surface area contributed by atoms with Gasteiger partial charge in [0.25, 0.3) is 0 Å². The number of para-hydroxylation sites is 1. The SMILES string of the molecule is Cn1c2ccccc2c2cc(-c3ccc4ccc5c(-c6cccnc6)ccc6ccc3c4c65)ccc21. The molecule has 0 saturated carbocycles. The number of hydrogen-bond donors (Lipinski definition) is 0. The Hall–Kier alpha value is -4.69. The van der Waals surface area contributed by atoms with Crippen LogP contribution in [0.2, 0.25) is 0 Å². The Morgan fingerprint density at radius 1 is 0.528 bits per heavy atom. The van der Waals surface area contributed by atoms with Gasteiger partial charge in [0.1, 0.15) is 0 Å². The summed E-state index contributed by atoms with van der Waals surface area (Å²) in [7, 11) is 2.15. The fourth-order valence-corrected chi connectivity index (χ4v) is 6.16. The zero-order valence-corrected chi connectivity index (χ0v) is 19.9. The van der Waals surface area contributed by atoms with Crippen molar-refractivity contribution >= 4 is 54.1 Å². The number of benzene rings is 6. The highest BCUT2D eigenvalue weighted by molar-refractivity contribution is 6.27. The monoisotopic (exact) mass is 458 g/mol. The molecule has 2 nitrogen and oxygen atoms in total. The summed E-state index contributed by atoms with van der Waals surface area (Å²) in [5, 5.41) is 10.4. The van der Waals surface area contributed by atoms with Crippen LogP contribution in [0.1, 0.15) is 0 Å². The largest absolute Gasteiger partial charge is 0.344 e. The van der Waals surface area contributed by atoms with Gasteiger partial charge < -0.3 is 4.57 Å². The third-order valence-corrected chi connectivity index (χ3v) is 7.86. The third-order valence-electron chi connectivity index (χ3n) is 7.86. The normalized spacial score (nSPS) is 12.0. The number of rotatable bonds is 2. The van der Waals surface area contributed by atoms with E-state index in [1.165, 1.54) is 70.8 Å². The first-order valence-electron chi connectivity index (χ1n) is 12.4. The molecule has 0 saturated heterocycles. The van der Waals surface area contributed by atoms with Gasteiger partial charge >= 0.3 is 0 Å². The molecule has 8 aromatic rings. The van der Waals surface area contributed by atoms with E-state index in [9.17, 15) is 0 Å². The Morgan fingerprint density at radius 3 is 1.92 bits per heavy atom. The van der Waals surface area contributed by atoms with Gasteiger partial charge in [0.05, 0.1) is 0 Å². The van der Waals surface area contributed by atoms with Gasteiger partial charge in [0.15, 0.2) is 0 Å². The molecule has 6 aromatic carbocycles. The van der Waals surface area contributed by atoms with E-state index < -0.39 is 0 Å². The summed E-state index contributed by atoms with van der Waals surface area (Å²) < 4.78 is 2.29. The molecule has 0 aliphatic carbocycles. The van der Waals surface area contributed by atoms with Crippen LogP contribution < -0.4 is 0 Å². The van der Waals surface area contributed by atoms with Crippen molar-refractivity contribution in [3.63, 3.8) is 0 Å². The van der Waals surface area contributed by atoms with Crippen LogP contribution in [0, 0.1) is 0 Å². The first kappa shape index (κ1) is 19.6. The summed E-state index contributed by atoms with van der Waals surface area (Å²) in [6.45, 7) is 0. The molecule has 0 aliphatic heterocycles. The molecule has 0 atom stereocenters. The topological polar surface area (TPSA) is 17.8 Å².